The molecule has 0 saturated carbocycles. The van der Waals surface area contributed by atoms with Gasteiger partial charge in [0.15, 0.2) is 0 Å². The third-order valence-electron chi connectivity index (χ3n) is 3.39. The zero-order chi connectivity index (χ0) is 16.8. The van der Waals surface area contributed by atoms with Crippen LogP contribution in [-0.4, -0.2) is 47.7 Å². The van der Waals surface area contributed by atoms with Gasteiger partial charge in [-0.05, 0) is 27.6 Å². The molecule has 5 nitrogen and oxygen atoms in total. The highest BCUT2D eigenvalue weighted by molar-refractivity contribution is 9.10. The van der Waals surface area contributed by atoms with Gasteiger partial charge in [0.2, 0.25) is 5.88 Å². The number of carbonyl (C=O) groups excluding carboxylic acids is 1. The zero-order valence-electron chi connectivity index (χ0n) is 13.1. The molecular formula is C17H19BrN2O3. The van der Waals surface area contributed by atoms with E-state index >= 15 is 0 Å². The van der Waals surface area contributed by atoms with E-state index in [9.17, 15) is 9.90 Å². The predicted molar refractivity (Wildman–Crippen MR) is 91.6 cm³/mol. The molecule has 0 aliphatic carbocycles. The summed E-state index contributed by atoms with van der Waals surface area (Å²) in [7, 11) is 3.18. The fraction of sp³-hybridized carbons (Fsp3) is 0.294. The van der Waals surface area contributed by atoms with E-state index < -0.39 is 6.10 Å². The second kappa shape index (κ2) is 8.08. The van der Waals surface area contributed by atoms with Crippen LogP contribution in [0.25, 0.3) is 0 Å². The number of hydrogen-bond donors (Lipinski definition) is 1. The first-order valence-corrected chi connectivity index (χ1v) is 7.97. The van der Waals surface area contributed by atoms with Crippen molar-refractivity contribution in [2.45, 2.75) is 12.5 Å². The molecule has 23 heavy (non-hydrogen) atoms. The van der Waals surface area contributed by atoms with Crippen LogP contribution in [0.5, 0.6) is 5.88 Å². The summed E-state index contributed by atoms with van der Waals surface area (Å²) >= 11 is 3.31. The molecule has 0 bridgehead atoms. The maximum absolute atomic E-state index is 12.4. The Morgan fingerprint density at radius 1 is 1.39 bits per heavy atom. The van der Waals surface area contributed by atoms with Crippen molar-refractivity contribution < 1.29 is 14.6 Å². The highest BCUT2D eigenvalue weighted by atomic mass is 79.9. The van der Waals surface area contributed by atoms with Gasteiger partial charge in [-0.15, -0.1) is 0 Å². The first-order valence-electron chi connectivity index (χ1n) is 7.18. The number of halogens is 1. The molecule has 1 N–H and O–H groups in total. The van der Waals surface area contributed by atoms with Crippen molar-refractivity contribution in [1.82, 2.24) is 9.88 Å². The number of aliphatic hydroxyl groups excluding tert-OH is 1. The SMILES string of the molecule is COc1ncc(C(=O)N(C)C[C@@H](O)Cc2ccccc2)cc1Br. The predicted octanol–water partition coefficient (Wildman–Crippen LogP) is 2.53. The van der Waals surface area contributed by atoms with E-state index in [0.29, 0.717) is 22.3 Å². The van der Waals surface area contributed by atoms with Gasteiger partial charge in [-0.3, -0.25) is 4.79 Å². The number of aromatic nitrogens is 1. The molecule has 0 spiro atoms. The molecule has 0 aliphatic rings. The molecular weight excluding hydrogens is 360 g/mol. The van der Waals surface area contributed by atoms with Crippen LogP contribution < -0.4 is 4.74 Å². The fourth-order valence-electron chi connectivity index (χ4n) is 2.26. The van der Waals surface area contributed by atoms with E-state index in [2.05, 4.69) is 20.9 Å². The monoisotopic (exact) mass is 378 g/mol. The van der Waals surface area contributed by atoms with Crippen molar-refractivity contribution >= 4 is 21.8 Å². The van der Waals surface area contributed by atoms with Crippen molar-refractivity contribution in [3.63, 3.8) is 0 Å². The van der Waals surface area contributed by atoms with E-state index in [0.717, 1.165) is 5.56 Å². The number of amides is 1. The van der Waals surface area contributed by atoms with Crippen LogP contribution in [0.1, 0.15) is 15.9 Å². The van der Waals surface area contributed by atoms with Crippen LogP contribution in [0.2, 0.25) is 0 Å². The average Bonchev–Trinajstić information content (AvgIpc) is 2.54. The molecule has 6 heteroatoms. The quantitative estimate of drug-likeness (QED) is 0.838. The van der Waals surface area contributed by atoms with Gasteiger partial charge in [0, 0.05) is 26.2 Å². The Bertz CT molecular complexity index is 664. The molecule has 2 aromatic rings. The van der Waals surface area contributed by atoms with E-state index in [1.807, 2.05) is 30.3 Å². The molecule has 0 fully saturated rings. The lowest BCUT2D eigenvalue weighted by Gasteiger charge is -2.21. The zero-order valence-corrected chi connectivity index (χ0v) is 14.7. The number of likely N-dealkylation sites (N-methyl/N-ethyl adjacent to an activating group) is 1. The summed E-state index contributed by atoms with van der Waals surface area (Å²) < 4.78 is 5.66. The minimum absolute atomic E-state index is 0.201. The van der Waals surface area contributed by atoms with E-state index in [4.69, 9.17) is 4.74 Å². The molecule has 0 aliphatic heterocycles. The Morgan fingerprint density at radius 3 is 2.70 bits per heavy atom. The maximum Gasteiger partial charge on any atom is 0.255 e. The third kappa shape index (κ3) is 4.77. The molecule has 1 amide bonds. The summed E-state index contributed by atoms with van der Waals surface area (Å²) in [5.41, 5.74) is 1.47. The number of carbonyl (C=O) groups is 1. The Kier molecular flexibility index (Phi) is 6.12. The molecule has 1 aromatic heterocycles. The molecule has 0 saturated heterocycles. The van der Waals surface area contributed by atoms with Crippen LogP contribution in [0.3, 0.4) is 0 Å². The van der Waals surface area contributed by atoms with Crippen LogP contribution in [-0.2, 0) is 6.42 Å². The molecule has 1 heterocycles. The molecule has 0 radical (unpaired) electrons. The van der Waals surface area contributed by atoms with Crippen molar-refractivity contribution in [1.29, 1.82) is 0 Å². The van der Waals surface area contributed by atoms with Crippen LogP contribution in [0, 0.1) is 0 Å². The van der Waals surface area contributed by atoms with Gasteiger partial charge < -0.3 is 14.7 Å². The molecule has 2 rings (SSSR count). The van der Waals surface area contributed by atoms with Crippen molar-refractivity contribution in [2.24, 2.45) is 0 Å². The highest BCUT2D eigenvalue weighted by Gasteiger charge is 2.17. The summed E-state index contributed by atoms with van der Waals surface area (Å²) in [6.07, 6.45) is 1.34. The number of rotatable bonds is 6. The average molecular weight is 379 g/mol. The van der Waals surface area contributed by atoms with Gasteiger partial charge in [-0.2, -0.15) is 0 Å². The molecule has 0 unspecified atom stereocenters. The maximum atomic E-state index is 12.4. The summed E-state index contributed by atoms with van der Waals surface area (Å²) in [5, 5.41) is 10.2. The Labute approximate surface area is 144 Å². The summed E-state index contributed by atoms with van der Waals surface area (Å²) in [4.78, 5) is 18.0. The molecule has 122 valence electrons. The van der Waals surface area contributed by atoms with Gasteiger partial charge in [0.1, 0.15) is 0 Å². The summed E-state index contributed by atoms with van der Waals surface area (Å²) in [6, 6.07) is 11.4. The van der Waals surface area contributed by atoms with Gasteiger partial charge in [0.05, 0.1) is 23.2 Å². The first-order chi connectivity index (χ1) is 11.0. The number of ether oxygens (including phenoxy) is 1. The normalized spacial score (nSPS) is 11.8. The Balaban J connectivity index is 1.98. The molecule has 1 atom stereocenters. The number of methoxy groups -OCH3 is 1. The number of hydrogen-bond acceptors (Lipinski definition) is 4. The second-order valence-corrected chi connectivity index (χ2v) is 6.10. The Hall–Kier alpha value is -1.92. The lowest BCUT2D eigenvalue weighted by atomic mass is 10.1. The highest BCUT2D eigenvalue weighted by Crippen LogP contribution is 2.23. The Morgan fingerprint density at radius 2 is 2.09 bits per heavy atom. The minimum atomic E-state index is -0.624. The third-order valence-corrected chi connectivity index (χ3v) is 3.96. The van der Waals surface area contributed by atoms with Gasteiger partial charge in [-0.25, -0.2) is 4.98 Å². The summed E-state index contributed by atoms with van der Waals surface area (Å²) in [6.45, 7) is 0.247. The first kappa shape index (κ1) is 17.4. The number of aliphatic hydroxyl groups is 1. The largest absolute Gasteiger partial charge is 0.480 e. The lowest BCUT2D eigenvalue weighted by Crippen LogP contribution is -2.35. The van der Waals surface area contributed by atoms with E-state index in [-0.39, 0.29) is 12.5 Å². The molecule has 1 aromatic carbocycles. The van der Waals surface area contributed by atoms with Crippen molar-refractivity contribution in [3.8, 4) is 5.88 Å². The summed E-state index contributed by atoms with van der Waals surface area (Å²) in [5.74, 6) is 0.223. The van der Waals surface area contributed by atoms with Crippen molar-refractivity contribution in [3.05, 3.63) is 58.2 Å². The van der Waals surface area contributed by atoms with Crippen LogP contribution >= 0.6 is 15.9 Å². The second-order valence-electron chi connectivity index (χ2n) is 5.24. The number of benzene rings is 1. The van der Waals surface area contributed by atoms with Crippen molar-refractivity contribution in [2.75, 3.05) is 20.7 Å². The fourth-order valence-corrected chi connectivity index (χ4v) is 2.77. The number of pyridine rings is 1. The topological polar surface area (TPSA) is 62.7 Å². The van der Waals surface area contributed by atoms with Gasteiger partial charge in [-0.1, -0.05) is 30.3 Å². The van der Waals surface area contributed by atoms with Crippen LogP contribution in [0.4, 0.5) is 0 Å². The number of nitrogens with zero attached hydrogens (tertiary/aromatic N) is 2. The minimum Gasteiger partial charge on any atom is -0.480 e. The van der Waals surface area contributed by atoms with Crippen LogP contribution in [0.15, 0.2) is 47.1 Å². The van der Waals surface area contributed by atoms with Gasteiger partial charge in [0.25, 0.3) is 5.91 Å². The standard InChI is InChI=1S/C17H19BrN2O3/c1-20(11-14(21)8-12-6-4-3-5-7-12)17(22)13-9-15(18)16(23-2)19-10-13/h3-7,9-10,14,21H,8,11H2,1-2H3/t14-/m0/s1. The smallest absolute Gasteiger partial charge is 0.255 e. The van der Waals surface area contributed by atoms with E-state index in [1.54, 1.807) is 13.1 Å². The van der Waals surface area contributed by atoms with Gasteiger partial charge >= 0.3 is 0 Å². The lowest BCUT2D eigenvalue weighted by molar-refractivity contribution is 0.0681. The van der Waals surface area contributed by atoms with E-state index in [1.165, 1.54) is 18.2 Å².